The molecule has 1 unspecified atom stereocenters. The van der Waals surface area contributed by atoms with Gasteiger partial charge in [-0.05, 0) is 31.4 Å². The minimum Gasteiger partial charge on any atom is -0.391 e. The number of likely N-dealkylation sites (tertiary alicyclic amines) is 1. The van der Waals surface area contributed by atoms with Crippen LogP contribution in [0, 0.1) is 11.6 Å². The topological polar surface area (TPSA) is 41.9 Å². The van der Waals surface area contributed by atoms with E-state index in [0.717, 1.165) is 32.0 Å². The van der Waals surface area contributed by atoms with Gasteiger partial charge in [-0.15, -0.1) is 0 Å². The molecule has 1 aromatic carbocycles. The maximum absolute atomic E-state index is 13.7. The molecule has 0 spiro atoms. The lowest BCUT2D eigenvalue weighted by molar-refractivity contribution is -0.134. The average Bonchev–Trinajstić information content (AvgIpc) is 2.96. The van der Waals surface area contributed by atoms with Crippen molar-refractivity contribution in [3.8, 4) is 0 Å². The summed E-state index contributed by atoms with van der Waals surface area (Å²) in [4.78, 5) is 19.3. The fraction of sp³-hybridized carbons (Fsp3) is 0.500. The SMILES string of the molecule is O=C(CC1CC(c2ccc(F)cc2F)=NO1)N1CCCCC1. The zero-order chi connectivity index (χ0) is 15.5. The van der Waals surface area contributed by atoms with Crippen molar-refractivity contribution in [2.45, 2.75) is 38.2 Å². The van der Waals surface area contributed by atoms with Crippen molar-refractivity contribution in [1.82, 2.24) is 4.90 Å². The van der Waals surface area contributed by atoms with E-state index in [4.69, 9.17) is 4.84 Å². The van der Waals surface area contributed by atoms with Crippen LogP contribution in [0.1, 0.15) is 37.7 Å². The number of oxime groups is 1. The summed E-state index contributed by atoms with van der Waals surface area (Å²) in [5, 5.41) is 3.86. The third kappa shape index (κ3) is 3.26. The Morgan fingerprint density at radius 2 is 2.05 bits per heavy atom. The molecule has 1 aromatic rings. The Bertz CT molecular complexity index is 598. The molecular weight excluding hydrogens is 290 g/mol. The molecule has 1 fully saturated rings. The number of benzene rings is 1. The van der Waals surface area contributed by atoms with Crippen molar-refractivity contribution in [3.05, 3.63) is 35.4 Å². The number of carbonyl (C=O) groups is 1. The number of piperidine rings is 1. The van der Waals surface area contributed by atoms with E-state index in [1.54, 1.807) is 0 Å². The van der Waals surface area contributed by atoms with E-state index in [2.05, 4.69) is 5.16 Å². The minimum atomic E-state index is -0.662. The molecule has 2 heterocycles. The average molecular weight is 308 g/mol. The first-order valence-corrected chi connectivity index (χ1v) is 7.59. The normalized spacial score (nSPS) is 21.5. The lowest BCUT2D eigenvalue weighted by Crippen LogP contribution is -2.37. The van der Waals surface area contributed by atoms with Crippen LogP contribution in [0.5, 0.6) is 0 Å². The molecule has 2 aliphatic heterocycles. The van der Waals surface area contributed by atoms with Crippen molar-refractivity contribution in [2.75, 3.05) is 13.1 Å². The predicted molar refractivity (Wildman–Crippen MR) is 77.4 cm³/mol. The Labute approximate surface area is 127 Å². The number of rotatable bonds is 3. The zero-order valence-corrected chi connectivity index (χ0v) is 12.2. The van der Waals surface area contributed by atoms with E-state index in [-0.39, 0.29) is 24.0 Å². The van der Waals surface area contributed by atoms with Crippen LogP contribution >= 0.6 is 0 Å². The van der Waals surface area contributed by atoms with Gasteiger partial charge >= 0.3 is 0 Å². The van der Waals surface area contributed by atoms with E-state index in [1.807, 2.05) is 4.90 Å². The molecule has 0 aromatic heterocycles. The van der Waals surface area contributed by atoms with Gasteiger partial charge < -0.3 is 9.74 Å². The fourth-order valence-electron chi connectivity index (χ4n) is 2.89. The van der Waals surface area contributed by atoms with Gasteiger partial charge in [-0.1, -0.05) is 5.16 Å². The minimum absolute atomic E-state index is 0.0562. The Morgan fingerprint density at radius 1 is 1.27 bits per heavy atom. The second-order valence-electron chi connectivity index (χ2n) is 5.74. The number of hydrogen-bond acceptors (Lipinski definition) is 3. The van der Waals surface area contributed by atoms with Crippen LogP contribution < -0.4 is 0 Å². The first-order chi connectivity index (χ1) is 10.6. The van der Waals surface area contributed by atoms with Crippen LogP contribution in [-0.4, -0.2) is 35.7 Å². The van der Waals surface area contributed by atoms with E-state index >= 15 is 0 Å². The smallest absolute Gasteiger partial charge is 0.226 e. The first kappa shape index (κ1) is 14.9. The highest BCUT2D eigenvalue weighted by Gasteiger charge is 2.28. The lowest BCUT2D eigenvalue weighted by Gasteiger charge is -2.27. The third-order valence-electron chi connectivity index (χ3n) is 4.09. The monoisotopic (exact) mass is 308 g/mol. The van der Waals surface area contributed by atoms with Gasteiger partial charge in [-0.25, -0.2) is 8.78 Å². The molecule has 1 amide bonds. The molecule has 3 rings (SSSR count). The zero-order valence-electron chi connectivity index (χ0n) is 12.2. The molecule has 0 radical (unpaired) electrons. The Hall–Kier alpha value is -1.98. The number of carbonyl (C=O) groups excluding carboxylic acids is 1. The highest BCUT2D eigenvalue weighted by atomic mass is 19.1. The highest BCUT2D eigenvalue weighted by molar-refractivity contribution is 6.01. The summed E-state index contributed by atoms with van der Waals surface area (Å²) in [6, 6.07) is 3.36. The van der Waals surface area contributed by atoms with Crippen LogP contribution in [0.25, 0.3) is 0 Å². The van der Waals surface area contributed by atoms with Gasteiger partial charge in [-0.2, -0.15) is 0 Å². The number of nitrogens with zero attached hydrogens (tertiary/aromatic N) is 2. The summed E-state index contributed by atoms with van der Waals surface area (Å²) in [5.74, 6) is -1.23. The van der Waals surface area contributed by atoms with Gasteiger partial charge in [0.05, 0.1) is 12.1 Å². The number of amides is 1. The van der Waals surface area contributed by atoms with Crippen LogP contribution in [-0.2, 0) is 9.63 Å². The lowest BCUT2D eigenvalue weighted by atomic mass is 10.0. The maximum atomic E-state index is 13.7. The Morgan fingerprint density at radius 3 is 2.77 bits per heavy atom. The van der Waals surface area contributed by atoms with E-state index in [9.17, 15) is 13.6 Å². The second kappa shape index (κ2) is 6.42. The van der Waals surface area contributed by atoms with Crippen molar-refractivity contribution in [2.24, 2.45) is 5.16 Å². The largest absolute Gasteiger partial charge is 0.391 e. The molecule has 1 atom stereocenters. The fourth-order valence-corrected chi connectivity index (χ4v) is 2.89. The molecule has 6 heteroatoms. The summed E-state index contributed by atoms with van der Waals surface area (Å²) < 4.78 is 26.7. The molecule has 0 saturated carbocycles. The van der Waals surface area contributed by atoms with Crippen molar-refractivity contribution in [1.29, 1.82) is 0 Å². The van der Waals surface area contributed by atoms with Crippen LogP contribution in [0.4, 0.5) is 8.78 Å². The van der Waals surface area contributed by atoms with Crippen molar-refractivity contribution < 1.29 is 18.4 Å². The van der Waals surface area contributed by atoms with Gasteiger partial charge in [0, 0.05) is 31.1 Å². The molecule has 0 bridgehead atoms. The molecule has 4 nitrogen and oxygen atoms in total. The standard InChI is InChI=1S/C16H18F2N2O2/c17-11-4-5-13(14(18)8-11)15-9-12(22-19-15)10-16(21)20-6-2-1-3-7-20/h4-5,8,12H,1-3,6-7,9-10H2. The van der Waals surface area contributed by atoms with Crippen LogP contribution in [0.2, 0.25) is 0 Å². The summed E-state index contributed by atoms with van der Waals surface area (Å²) in [6.45, 7) is 1.59. The predicted octanol–water partition coefficient (Wildman–Crippen LogP) is 2.86. The summed E-state index contributed by atoms with van der Waals surface area (Å²) in [7, 11) is 0. The van der Waals surface area contributed by atoms with Crippen LogP contribution in [0.15, 0.2) is 23.4 Å². The first-order valence-electron chi connectivity index (χ1n) is 7.59. The summed E-state index contributed by atoms with van der Waals surface area (Å²) >= 11 is 0. The molecule has 1 saturated heterocycles. The van der Waals surface area contributed by atoms with E-state index < -0.39 is 11.6 Å². The van der Waals surface area contributed by atoms with Crippen molar-refractivity contribution >= 4 is 11.6 Å². The van der Waals surface area contributed by atoms with E-state index in [0.29, 0.717) is 12.1 Å². The summed E-state index contributed by atoms with van der Waals surface area (Å²) in [6.07, 6.45) is 3.49. The summed E-state index contributed by atoms with van der Waals surface area (Å²) in [5.41, 5.74) is 0.656. The number of hydrogen-bond donors (Lipinski definition) is 0. The number of halogens is 2. The van der Waals surface area contributed by atoms with Gasteiger partial charge in [0.1, 0.15) is 17.7 Å². The van der Waals surface area contributed by atoms with Crippen LogP contribution in [0.3, 0.4) is 0 Å². The Kier molecular flexibility index (Phi) is 4.36. The van der Waals surface area contributed by atoms with E-state index in [1.165, 1.54) is 18.6 Å². The molecule has 0 N–H and O–H groups in total. The maximum Gasteiger partial charge on any atom is 0.226 e. The van der Waals surface area contributed by atoms with Gasteiger partial charge in [0.15, 0.2) is 0 Å². The molecule has 118 valence electrons. The molecule has 2 aliphatic rings. The Balaban J connectivity index is 1.58. The molecule has 0 aliphatic carbocycles. The highest BCUT2D eigenvalue weighted by Crippen LogP contribution is 2.22. The van der Waals surface area contributed by atoms with Gasteiger partial charge in [0.2, 0.25) is 5.91 Å². The van der Waals surface area contributed by atoms with Gasteiger partial charge in [0.25, 0.3) is 0 Å². The van der Waals surface area contributed by atoms with Crippen molar-refractivity contribution in [3.63, 3.8) is 0 Å². The van der Waals surface area contributed by atoms with Gasteiger partial charge in [-0.3, -0.25) is 4.79 Å². The quantitative estimate of drug-likeness (QED) is 0.861. The molecular formula is C16H18F2N2O2. The second-order valence-corrected chi connectivity index (χ2v) is 5.74. The third-order valence-corrected chi connectivity index (χ3v) is 4.09. The molecule has 22 heavy (non-hydrogen) atoms.